The number of likely N-dealkylation sites (tertiary alicyclic amines) is 1. The van der Waals surface area contributed by atoms with E-state index in [4.69, 9.17) is 5.73 Å². The summed E-state index contributed by atoms with van der Waals surface area (Å²) in [4.78, 5) is 18.1. The predicted molar refractivity (Wildman–Crippen MR) is 63.6 cm³/mol. The molecule has 94 valence electrons. The van der Waals surface area contributed by atoms with Crippen LogP contribution < -0.4 is 5.73 Å². The highest BCUT2D eigenvalue weighted by atomic mass is 16.2. The van der Waals surface area contributed by atoms with E-state index in [0.29, 0.717) is 6.54 Å². The Morgan fingerprint density at radius 1 is 1.59 bits per heavy atom. The summed E-state index contributed by atoms with van der Waals surface area (Å²) in [7, 11) is 0. The minimum absolute atomic E-state index is 0.0798. The summed E-state index contributed by atoms with van der Waals surface area (Å²) in [5, 5.41) is 6.77. The topological polar surface area (TPSA) is 87.9 Å². The predicted octanol–water partition coefficient (Wildman–Crippen LogP) is 0.491. The second-order valence-electron chi connectivity index (χ2n) is 4.85. The van der Waals surface area contributed by atoms with Crippen LogP contribution in [0.4, 0.5) is 0 Å². The number of nitrogens with two attached hydrogens (primary N) is 1. The summed E-state index contributed by atoms with van der Waals surface area (Å²) >= 11 is 0. The smallest absolute Gasteiger partial charge is 0.293 e. The molecule has 1 atom stereocenters. The molecule has 1 amide bonds. The van der Waals surface area contributed by atoms with E-state index in [1.807, 2.05) is 13.8 Å². The zero-order chi connectivity index (χ0) is 12.4. The van der Waals surface area contributed by atoms with E-state index >= 15 is 0 Å². The van der Waals surface area contributed by atoms with Crippen molar-refractivity contribution < 1.29 is 4.79 Å². The summed E-state index contributed by atoms with van der Waals surface area (Å²) < 4.78 is 0. The number of H-pyrrole nitrogens is 1. The maximum Gasteiger partial charge on any atom is 0.293 e. The van der Waals surface area contributed by atoms with Crippen LogP contribution in [-0.4, -0.2) is 45.1 Å². The van der Waals surface area contributed by atoms with Gasteiger partial charge in [-0.05, 0) is 12.8 Å². The average Bonchev–Trinajstić information content (AvgIpc) is 2.77. The zero-order valence-corrected chi connectivity index (χ0v) is 10.3. The molecule has 17 heavy (non-hydrogen) atoms. The molecule has 1 aliphatic heterocycles. The number of piperidine rings is 1. The molecule has 0 aliphatic carbocycles. The molecule has 0 spiro atoms. The first-order chi connectivity index (χ1) is 8.08. The quantitative estimate of drug-likeness (QED) is 0.783. The van der Waals surface area contributed by atoms with E-state index < -0.39 is 0 Å². The molecule has 1 saturated heterocycles. The van der Waals surface area contributed by atoms with Gasteiger partial charge in [-0.15, -0.1) is 5.10 Å². The number of carbonyl (C=O) groups is 1. The lowest BCUT2D eigenvalue weighted by molar-refractivity contribution is 0.0697. The normalized spacial score (nSPS) is 20.9. The highest BCUT2D eigenvalue weighted by molar-refractivity contribution is 5.90. The average molecular weight is 237 g/mol. The number of aromatic nitrogens is 3. The zero-order valence-electron chi connectivity index (χ0n) is 10.3. The van der Waals surface area contributed by atoms with Gasteiger partial charge in [0.1, 0.15) is 5.82 Å². The SMILES string of the molecule is CC(C)c1nc(C(=O)N2CCCC(N)C2)n[nH]1. The molecule has 0 aromatic carbocycles. The van der Waals surface area contributed by atoms with Gasteiger partial charge in [0, 0.05) is 25.0 Å². The van der Waals surface area contributed by atoms with E-state index in [1.165, 1.54) is 0 Å². The Balaban J connectivity index is 2.07. The Kier molecular flexibility index (Phi) is 3.42. The lowest BCUT2D eigenvalue weighted by Gasteiger charge is -2.29. The first-order valence-electron chi connectivity index (χ1n) is 6.05. The Bertz CT molecular complexity index is 400. The Hall–Kier alpha value is -1.43. The number of amides is 1. The van der Waals surface area contributed by atoms with E-state index in [9.17, 15) is 4.79 Å². The second kappa shape index (κ2) is 4.83. The van der Waals surface area contributed by atoms with Crippen molar-refractivity contribution in [3.63, 3.8) is 0 Å². The molecule has 2 rings (SSSR count). The van der Waals surface area contributed by atoms with Crippen LogP contribution >= 0.6 is 0 Å². The van der Waals surface area contributed by atoms with Gasteiger partial charge >= 0.3 is 0 Å². The third-order valence-electron chi connectivity index (χ3n) is 2.99. The maximum atomic E-state index is 12.1. The van der Waals surface area contributed by atoms with Crippen molar-refractivity contribution in [2.45, 2.75) is 38.6 Å². The molecule has 1 aromatic rings. The van der Waals surface area contributed by atoms with Gasteiger partial charge in [-0.25, -0.2) is 4.98 Å². The van der Waals surface area contributed by atoms with Gasteiger partial charge in [0.05, 0.1) is 0 Å². The molecule has 3 N–H and O–H groups in total. The Morgan fingerprint density at radius 2 is 2.35 bits per heavy atom. The second-order valence-corrected chi connectivity index (χ2v) is 4.85. The van der Waals surface area contributed by atoms with Gasteiger partial charge < -0.3 is 10.6 Å². The van der Waals surface area contributed by atoms with Crippen molar-refractivity contribution >= 4 is 5.91 Å². The molecular weight excluding hydrogens is 218 g/mol. The number of aromatic amines is 1. The van der Waals surface area contributed by atoms with Crippen molar-refractivity contribution in [1.82, 2.24) is 20.1 Å². The minimum atomic E-state index is -0.122. The highest BCUT2D eigenvalue weighted by Crippen LogP contribution is 2.12. The van der Waals surface area contributed by atoms with E-state index in [0.717, 1.165) is 25.2 Å². The summed E-state index contributed by atoms with van der Waals surface area (Å²) in [5.41, 5.74) is 5.85. The fourth-order valence-electron chi connectivity index (χ4n) is 1.96. The molecule has 2 heterocycles. The molecular formula is C11H19N5O. The minimum Gasteiger partial charge on any atom is -0.334 e. The van der Waals surface area contributed by atoms with Gasteiger partial charge in [-0.3, -0.25) is 9.89 Å². The van der Waals surface area contributed by atoms with Crippen LogP contribution in [0.5, 0.6) is 0 Å². The Morgan fingerprint density at radius 3 is 2.94 bits per heavy atom. The largest absolute Gasteiger partial charge is 0.334 e. The van der Waals surface area contributed by atoms with Crippen LogP contribution in [0.2, 0.25) is 0 Å². The number of nitrogens with zero attached hydrogens (tertiary/aromatic N) is 3. The van der Waals surface area contributed by atoms with E-state index in [-0.39, 0.29) is 23.7 Å². The lowest BCUT2D eigenvalue weighted by atomic mass is 10.1. The highest BCUT2D eigenvalue weighted by Gasteiger charge is 2.25. The van der Waals surface area contributed by atoms with E-state index in [2.05, 4.69) is 15.2 Å². The van der Waals surface area contributed by atoms with Crippen molar-refractivity contribution in [2.24, 2.45) is 5.73 Å². The van der Waals surface area contributed by atoms with Gasteiger partial charge in [-0.2, -0.15) is 0 Å². The standard InChI is InChI=1S/C11H19N5O/c1-7(2)9-13-10(15-14-9)11(17)16-5-3-4-8(12)6-16/h7-8H,3-6,12H2,1-2H3,(H,13,14,15). The van der Waals surface area contributed by atoms with Crippen LogP contribution in [0.15, 0.2) is 0 Å². The first-order valence-corrected chi connectivity index (χ1v) is 6.05. The fraction of sp³-hybridized carbons (Fsp3) is 0.727. The molecule has 1 unspecified atom stereocenters. The first kappa shape index (κ1) is 12.0. The van der Waals surface area contributed by atoms with Crippen LogP contribution in [0.3, 0.4) is 0 Å². The van der Waals surface area contributed by atoms with Crippen LogP contribution in [0.25, 0.3) is 0 Å². The van der Waals surface area contributed by atoms with Crippen LogP contribution in [-0.2, 0) is 0 Å². The molecule has 1 aliphatic rings. The summed E-state index contributed by atoms with van der Waals surface area (Å²) in [6, 6.07) is 0.0798. The summed E-state index contributed by atoms with van der Waals surface area (Å²) in [6.45, 7) is 5.36. The number of hydrogen-bond donors (Lipinski definition) is 2. The van der Waals surface area contributed by atoms with Crippen molar-refractivity contribution in [2.75, 3.05) is 13.1 Å². The number of nitrogens with one attached hydrogen (secondary N) is 1. The molecule has 1 aromatic heterocycles. The summed E-state index contributed by atoms with van der Waals surface area (Å²) in [6.07, 6.45) is 1.93. The maximum absolute atomic E-state index is 12.1. The molecule has 0 bridgehead atoms. The third-order valence-corrected chi connectivity index (χ3v) is 2.99. The fourth-order valence-corrected chi connectivity index (χ4v) is 1.96. The van der Waals surface area contributed by atoms with Gasteiger partial charge in [0.15, 0.2) is 0 Å². The third kappa shape index (κ3) is 2.63. The number of carbonyl (C=O) groups excluding carboxylic acids is 1. The van der Waals surface area contributed by atoms with Crippen LogP contribution in [0, 0.1) is 0 Å². The van der Waals surface area contributed by atoms with Gasteiger partial charge in [-0.1, -0.05) is 13.8 Å². The number of hydrogen-bond acceptors (Lipinski definition) is 4. The molecule has 0 saturated carbocycles. The lowest BCUT2D eigenvalue weighted by Crippen LogP contribution is -2.46. The molecule has 6 nitrogen and oxygen atoms in total. The molecule has 1 fully saturated rings. The monoisotopic (exact) mass is 237 g/mol. The van der Waals surface area contributed by atoms with Crippen LogP contribution in [0.1, 0.15) is 49.1 Å². The van der Waals surface area contributed by atoms with Crippen molar-refractivity contribution in [3.8, 4) is 0 Å². The molecule has 0 radical (unpaired) electrons. The number of rotatable bonds is 2. The molecule has 6 heteroatoms. The Labute approximate surface area is 101 Å². The van der Waals surface area contributed by atoms with Gasteiger partial charge in [0.2, 0.25) is 5.82 Å². The van der Waals surface area contributed by atoms with Gasteiger partial charge in [0.25, 0.3) is 5.91 Å². The van der Waals surface area contributed by atoms with Crippen molar-refractivity contribution in [1.29, 1.82) is 0 Å². The summed E-state index contributed by atoms with van der Waals surface area (Å²) in [5.74, 6) is 1.12. The van der Waals surface area contributed by atoms with Crippen molar-refractivity contribution in [3.05, 3.63) is 11.6 Å². The van der Waals surface area contributed by atoms with E-state index in [1.54, 1.807) is 4.90 Å².